The third kappa shape index (κ3) is 1.58. The molecular formula is C24H15N. The Morgan fingerprint density at radius 1 is 0.400 bits per heavy atom. The van der Waals surface area contributed by atoms with Crippen molar-refractivity contribution in [2.75, 3.05) is 0 Å². The summed E-state index contributed by atoms with van der Waals surface area (Å²) in [5.41, 5.74) is 1.23. The molecule has 1 heteroatoms. The zero-order valence-electron chi connectivity index (χ0n) is 13.6. The van der Waals surface area contributed by atoms with Gasteiger partial charge in [0.25, 0.3) is 0 Å². The minimum atomic E-state index is 1.23. The molecule has 25 heavy (non-hydrogen) atoms. The average Bonchev–Trinajstić information content (AvgIpc) is 3.17. The minimum Gasteiger partial charge on any atom is -0.361 e. The first-order chi connectivity index (χ1) is 12.4. The Morgan fingerprint density at radius 3 is 1.40 bits per heavy atom. The number of H-pyrrole nitrogens is 1. The van der Waals surface area contributed by atoms with Gasteiger partial charge in [0.15, 0.2) is 0 Å². The van der Waals surface area contributed by atoms with Crippen LogP contribution in [0.3, 0.4) is 0 Å². The second-order valence-corrected chi connectivity index (χ2v) is 6.65. The quantitative estimate of drug-likeness (QED) is 0.297. The third-order valence-corrected chi connectivity index (χ3v) is 5.42. The van der Waals surface area contributed by atoms with Crippen molar-refractivity contribution in [3.63, 3.8) is 0 Å². The lowest BCUT2D eigenvalue weighted by Crippen LogP contribution is -1.87. The van der Waals surface area contributed by atoms with Gasteiger partial charge in [-0.1, -0.05) is 72.8 Å². The van der Waals surface area contributed by atoms with Gasteiger partial charge in [0, 0.05) is 22.4 Å². The summed E-state index contributed by atoms with van der Waals surface area (Å²) in [5.74, 6) is 0. The molecule has 1 heterocycles. The fourth-order valence-corrected chi connectivity index (χ4v) is 4.42. The first-order valence-corrected chi connectivity index (χ1v) is 8.64. The highest BCUT2D eigenvalue weighted by Gasteiger charge is 2.15. The van der Waals surface area contributed by atoms with Gasteiger partial charge in [0.2, 0.25) is 0 Å². The molecule has 1 nitrogen and oxygen atoms in total. The van der Waals surface area contributed by atoms with Gasteiger partial charge in [0.1, 0.15) is 0 Å². The summed E-state index contributed by atoms with van der Waals surface area (Å²) in [6.45, 7) is 0. The molecule has 0 saturated heterocycles. The molecule has 116 valence electrons. The normalized spacial score (nSPS) is 12.0. The van der Waals surface area contributed by atoms with E-state index >= 15 is 0 Å². The molecule has 1 N–H and O–H groups in total. The number of aromatic nitrogens is 1. The van der Waals surface area contributed by atoms with Crippen LogP contribution in [0.25, 0.3) is 54.0 Å². The summed E-state index contributed by atoms with van der Waals surface area (Å²) < 4.78 is 0. The van der Waals surface area contributed by atoms with E-state index in [2.05, 4.69) is 90.0 Å². The summed E-state index contributed by atoms with van der Waals surface area (Å²) in [4.78, 5) is 3.51. The molecule has 1 aromatic heterocycles. The van der Waals surface area contributed by atoms with Crippen LogP contribution in [0.1, 0.15) is 0 Å². The molecule has 0 atom stereocenters. The minimum absolute atomic E-state index is 1.23. The number of hydrogen-bond acceptors (Lipinski definition) is 0. The Bertz CT molecular complexity index is 1430. The maximum absolute atomic E-state index is 3.51. The Labute approximate surface area is 144 Å². The number of fused-ring (bicyclic) bond motifs is 11. The van der Waals surface area contributed by atoms with E-state index in [9.17, 15) is 0 Å². The van der Waals surface area contributed by atoms with Gasteiger partial charge in [-0.2, -0.15) is 0 Å². The van der Waals surface area contributed by atoms with Gasteiger partial charge in [-0.05, 0) is 38.4 Å². The molecule has 0 fully saturated rings. The fraction of sp³-hybridized carbons (Fsp3) is 0. The van der Waals surface area contributed by atoms with Crippen molar-refractivity contribution < 1.29 is 0 Å². The van der Waals surface area contributed by atoms with Gasteiger partial charge in [-0.3, -0.25) is 0 Å². The maximum Gasteiger partial charge on any atom is 0.0546 e. The summed E-state index contributed by atoms with van der Waals surface area (Å²) in [7, 11) is 0. The molecule has 0 aliphatic carbocycles. The topological polar surface area (TPSA) is 15.8 Å². The Morgan fingerprint density at radius 2 is 0.840 bits per heavy atom. The van der Waals surface area contributed by atoms with Gasteiger partial charge in [-0.15, -0.1) is 0 Å². The van der Waals surface area contributed by atoms with E-state index < -0.39 is 0 Å². The van der Waals surface area contributed by atoms with E-state index in [0.717, 1.165) is 0 Å². The standard InChI is InChI=1S/C24H15N/c1-4-10-18-15(7-1)16-8-2-6-12-20(16)23-22(18)19-11-5-3-9-17(19)21-13-14-25-24(21)23/h1-14,25H. The lowest BCUT2D eigenvalue weighted by Gasteiger charge is -2.14. The van der Waals surface area contributed by atoms with E-state index in [-0.39, 0.29) is 0 Å². The maximum atomic E-state index is 3.51. The largest absolute Gasteiger partial charge is 0.361 e. The summed E-state index contributed by atoms with van der Waals surface area (Å²) in [6, 6.07) is 28.5. The number of rotatable bonds is 0. The van der Waals surface area contributed by atoms with Gasteiger partial charge in [-0.25, -0.2) is 0 Å². The summed E-state index contributed by atoms with van der Waals surface area (Å²) >= 11 is 0. The molecule has 0 spiro atoms. The van der Waals surface area contributed by atoms with Crippen molar-refractivity contribution in [3.8, 4) is 0 Å². The summed E-state index contributed by atoms with van der Waals surface area (Å²) in [6.07, 6.45) is 2.06. The molecule has 6 aromatic rings. The third-order valence-electron chi connectivity index (χ3n) is 5.42. The molecule has 0 aliphatic heterocycles. The van der Waals surface area contributed by atoms with Crippen LogP contribution in [0.5, 0.6) is 0 Å². The van der Waals surface area contributed by atoms with Crippen molar-refractivity contribution in [1.82, 2.24) is 4.98 Å². The van der Waals surface area contributed by atoms with E-state index in [1.807, 2.05) is 0 Å². The first kappa shape index (κ1) is 13.0. The highest BCUT2D eigenvalue weighted by atomic mass is 14.7. The number of benzene rings is 5. The van der Waals surface area contributed by atoms with E-state index in [4.69, 9.17) is 0 Å². The highest BCUT2D eigenvalue weighted by Crippen LogP contribution is 2.42. The molecule has 0 unspecified atom stereocenters. The molecular weight excluding hydrogens is 302 g/mol. The Hall–Kier alpha value is -3.32. The monoisotopic (exact) mass is 317 g/mol. The summed E-state index contributed by atoms with van der Waals surface area (Å²) in [5, 5.41) is 11.9. The van der Waals surface area contributed by atoms with Crippen LogP contribution in [0.15, 0.2) is 85.1 Å². The number of aromatic amines is 1. The van der Waals surface area contributed by atoms with Crippen molar-refractivity contribution in [2.45, 2.75) is 0 Å². The highest BCUT2D eigenvalue weighted by molar-refractivity contribution is 6.38. The fourth-order valence-electron chi connectivity index (χ4n) is 4.42. The lowest BCUT2D eigenvalue weighted by molar-refractivity contribution is 1.49. The number of nitrogens with one attached hydrogen (secondary N) is 1. The zero-order chi connectivity index (χ0) is 16.4. The van der Waals surface area contributed by atoms with Crippen LogP contribution in [-0.2, 0) is 0 Å². The molecule has 6 rings (SSSR count). The SMILES string of the molecule is c1ccc2c(c1)c1ccccc1c1c3[nH]ccc3c3ccccc3c21. The molecule has 0 radical (unpaired) electrons. The lowest BCUT2D eigenvalue weighted by atomic mass is 9.89. The van der Waals surface area contributed by atoms with Crippen molar-refractivity contribution in [1.29, 1.82) is 0 Å². The number of hydrogen-bond donors (Lipinski definition) is 1. The molecule has 0 bridgehead atoms. The second kappa shape index (κ2) is 4.61. The van der Waals surface area contributed by atoms with Crippen LogP contribution in [-0.4, -0.2) is 4.98 Å². The van der Waals surface area contributed by atoms with E-state index in [1.54, 1.807) is 0 Å². The van der Waals surface area contributed by atoms with Crippen LogP contribution in [0, 0.1) is 0 Å². The molecule has 0 amide bonds. The molecule has 5 aromatic carbocycles. The Balaban J connectivity index is 2.15. The van der Waals surface area contributed by atoms with E-state index in [1.165, 1.54) is 54.0 Å². The second-order valence-electron chi connectivity index (χ2n) is 6.65. The molecule has 0 aliphatic rings. The smallest absolute Gasteiger partial charge is 0.0546 e. The predicted octanol–water partition coefficient (Wildman–Crippen LogP) is 6.78. The average molecular weight is 317 g/mol. The van der Waals surface area contributed by atoms with Crippen LogP contribution < -0.4 is 0 Å². The zero-order valence-corrected chi connectivity index (χ0v) is 13.6. The van der Waals surface area contributed by atoms with Crippen molar-refractivity contribution >= 4 is 54.0 Å². The van der Waals surface area contributed by atoms with Crippen LogP contribution in [0.4, 0.5) is 0 Å². The molecule has 0 saturated carbocycles. The van der Waals surface area contributed by atoms with Gasteiger partial charge in [0.05, 0.1) is 5.52 Å². The van der Waals surface area contributed by atoms with Gasteiger partial charge < -0.3 is 4.98 Å². The first-order valence-electron chi connectivity index (χ1n) is 8.64. The van der Waals surface area contributed by atoms with Crippen LogP contribution >= 0.6 is 0 Å². The van der Waals surface area contributed by atoms with E-state index in [0.29, 0.717) is 0 Å². The van der Waals surface area contributed by atoms with Crippen molar-refractivity contribution in [2.24, 2.45) is 0 Å². The predicted molar refractivity (Wildman–Crippen MR) is 108 cm³/mol. The van der Waals surface area contributed by atoms with Crippen LogP contribution in [0.2, 0.25) is 0 Å². The van der Waals surface area contributed by atoms with Gasteiger partial charge >= 0.3 is 0 Å². The van der Waals surface area contributed by atoms with Crippen molar-refractivity contribution in [3.05, 3.63) is 85.1 Å². The Kier molecular flexibility index (Phi) is 2.40.